The summed E-state index contributed by atoms with van der Waals surface area (Å²) >= 11 is 0. The van der Waals surface area contributed by atoms with Crippen LogP contribution in [-0.2, 0) is 14.3 Å². The molecule has 7 nitrogen and oxygen atoms in total. The van der Waals surface area contributed by atoms with Crippen LogP contribution in [-0.4, -0.2) is 36.7 Å². The highest BCUT2D eigenvalue weighted by Crippen LogP contribution is 2.20. The maximum Gasteiger partial charge on any atom is 0.413 e. The van der Waals surface area contributed by atoms with Crippen molar-refractivity contribution in [1.29, 1.82) is 5.41 Å². The Morgan fingerprint density at radius 1 is 1.09 bits per heavy atom. The largest absolute Gasteiger partial charge is 0.492 e. The number of esters is 1. The maximum absolute atomic E-state index is 12.0. The van der Waals surface area contributed by atoms with Crippen molar-refractivity contribution in [3.63, 3.8) is 0 Å². The Hall–Kier alpha value is -3.01. The summed E-state index contributed by atoms with van der Waals surface area (Å²) in [7, 11) is 0. The number of amides is 1. The Morgan fingerprint density at radius 2 is 1.78 bits per heavy atom. The van der Waals surface area contributed by atoms with Crippen molar-refractivity contribution in [3.05, 3.63) is 29.3 Å². The number of nitrogens with one attached hydrogen (secondary N) is 2. The first-order valence-electron chi connectivity index (χ1n) is 11.2. The molecule has 0 saturated carbocycles. The van der Waals surface area contributed by atoms with Gasteiger partial charge in [-0.1, -0.05) is 38.5 Å². The summed E-state index contributed by atoms with van der Waals surface area (Å²) in [6.07, 6.45) is 3.63. The Balaban J connectivity index is 2.88. The summed E-state index contributed by atoms with van der Waals surface area (Å²) in [6, 6.07) is 5.12. The second-order valence-electron chi connectivity index (χ2n) is 8.29. The summed E-state index contributed by atoms with van der Waals surface area (Å²) in [6.45, 7) is 10.4. The van der Waals surface area contributed by atoms with Crippen LogP contribution in [0.1, 0.15) is 84.3 Å². The number of rotatable bonds is 10. The van der Waals surface area contributed by atoms with Crippen LogP contribution in [0.5, 0.6) is 5.75 Å². The van der Waals surface area contributed by atoms with E-state index in [9.17, 15) is 9.59 Å². The Kier molecular flexibility index (Phi) is 11.9. The molecule has 2 N–H and O–H groups in total. The highest BCUT2D eigenvalue weighted by atomic mass is 16.6. The maximum atomic E-state index is 12.0. The molecule has 0 radical (unpaired) electrons. The van der Waals surface area contributed by atoms with Crippen LogP contribution in [0.3, 0.4) is 0 Å². The standard InChI is InChI=1S/C25H36N2O5/c1-6-8-16-30-21-15-14-20(23(26)27-24(29)32-25(3,4)5)18-19(21)12-10-11-13-22(28)31-17-9-7-2/h14-15,18H,6-9,11,13,16-17H2,1-5H3,(H2,26,27,29). The molecule has 0 aromatic heterocycles. The van der Waals surface area contributed by atoms with E-state index in [0.29, 0.717) is 36.5 Å². The molecule has 0 aliphatic carbocycles. The molecular formula is C25H36N2O5. The van der Waals surface area contributed by atoms with Crippen molar-refractivity contribution >= 4 is 17.9 Å². The van der Waals surface area contributed by atoms with Gasteiger partial charge in [0.15, 0.2) is 0 Å². The number of carbonyl (C=O) groups is 2. The van der Waals surface area contributed by atoms with Crippen molar-refractivity contribution in [2.75, 3.05) is 13.2 Å². The molecule has 0 aliphatic heterocycles. The first-order chi connectivity index (χ1) is 15.2. The van der Waals surface area contributed by atoms with Gasteiger partial charge >= 0.3 is 12.1 Å². The summed E-state index contributed by atoms with van der Waals surface area (Å²) in [5, 5.41) is 10.6. The monoisotopic (exact) mass is 444 g/mol. The number of alkyl carbamates (subject to hydrolysis) is 1. The molecule has 1 amide bonds. The average molecular weight is 445 g/mol. The summed E-state index contributed by atoms with van der Waals surface area (Å²) < 4.78 is 16.2. The normalized spacial score (nSPS) is 10.5. The van der Waals surface area contributed by atoms with E-state index in [4.69, 9.17) is 19.6 Å². The van der Waals surface area contributed by atoms with Gasteiger partial charge in [0.25, 0.3) is 0 Å². The molecule has 1 aromatic rings. The van der Waals surface area contributed by atoms with E-state index in [2.05, 4.69) is 24.1 Å². The van der Waals surface area contributed by atoms with Crippen LogP contribution in [0.15, 0.2) is 18.2 Å². The minimum absolute atomic E-state index is 0.0955. The van der Waals surface area contributed by atoms with Crippen LogP contribution in [0.2, 0.25) is 0 Å². The summed E-state index contributed by atoms with van der Waals surface area (Å²) in [5.74, 6) is 6.25. The number of hydrogen-bond acceptors (Lipinski definition) is 6. The van der Waals surface area contributed by atoms with Gasteiger partial charge in [-0.15, -0.1) is 0 Å². The second-order valence-corrected chi connectivity index (χ2v) is 8.29. The third-order valence-corrected chi connectivity index (χ3v) is 4.09. The molecule has 0 spiro atoms. The first kappa shape index (κ1) is 27.0. The summed E-state index contributed by atoms with van der Waals surface area (Å²) in [4.78, 5) is 23.7. The fourth-order valence-electron chi connectivity index (χ4n) is 2.44. The van der Waals surface area contributed by atoms with Gasteiger partial charge in [-0.2, -0.15) is 0 Å². The van der Waals surface area contributed by atoms with Crippen LogP contribution in [0.25, 0.3) is 0 Å². The van der Waals surface area contributed by atoms with Gasteiger partial charge in [-0.05, 0) is 51.8 Å². The Morgan fingerprint density at radius 3 is 2.44 bits per heavy atom. The fraction of sp³-hybridized carbons (Fsp3) is 0.560. The van der Waals surface area contributed by atoms with Gasteiger partial charge in [-0.25, -0.2) is 4.79 Å². The predicted molar refractivity (Wildman–Crippen MR) is 125 cm³/mol. The van der Waals surface area contributed by atoms with E-state index < -0.39 is 11.7 Å². The third kappa shape index (κ3) is 11.4. The molecule has 1 rings (SSSR count). The van der Waals surface area contributed by atoms with Crippen molar-refractivity contribution in [2.24, 2.45) is 0 Å². The van der Waals surface area contributed by atoms with Gasteiger partial charge < -0.3 is 14.2 Å². The molecule has 32 heavy (non-hydrogen) atoms. The van der Waals surface area contributed by atoms with Gasteiger partial charge in [0, 0.05) is 12.0 Å². The number of ether oxygens (including phenoxy) is 3. The highest BCUT2D eigenvalue weighted by Gasteiger charge is 2.18. The zero-order valence-corrected chi connectivity index (χ0v) is 19.9. The minimum Gasteiger partial charge on any atom is -0.492 e. The van der Waals surface area contributed by atoms with E-state index in [1.54, 1.807) is 39.0 Å². The van der Waals surface area contributed by atoms with Gasteiger partial charge in [0.1, 0.15) is 17.2 Å². The van der Waals surface area contributed by atoms with Gasteiger partial charge in [-0.3, -0.25) is 15.5 Å². The predicted octanol–water partition coefficient (Wildman–Crippen LogP) is 5.19. The molecule has 176 valence electrons. The molecular weight excluding hydrogens is 408 g/mol. The number of hydrogen-bond donors (Lipinski definition) is 2. The number of carbonyl (C=O) groups excluding carboxylic acids is 2. The second kappa shape index (κ2) is 14.1. The lowest BCUT2D eigenvalue weighted by Gasteiger charge is -2.20. The molecule has 0 heterocycles. The molecule has 7 heteroatoms. The van der Waals surface area contributed by atoms with E-state index >= 15 is 0 Å². The molecule has 0 fully saturated rings. The van der Waals surface area contributed by atoms with Crippen molar-refractivity contribution in [1.82, 2.24) is 5.32 Å². The lowest BCUT2D eigenvalue weighted by Crippen LogP contribution is -2.36. The topological polar surface area (TPSA) is 97.7 Å². The van der Waals surface area contributed by atoms with Crippen molar-refractivity contribution in [2.45, 2.75) is 78.7 Å². The zero-order valence-electron chi connectivity index (χ0n) is 19.9. The molecule has 0 aliphatic rings. The van der Waals surface area contributed by atoms with Gasteiger partial charge in [0.2, 0.25) is 0 Å². The Bertz CT molecular complexity index is 831. The number of unbranched alkanes of at least 4 members (excludes halogenated alkanes) is 2. The van der Waals surface area contributed by atoms with E-state index in [0.717, 1.165) is 25.7 Å². The van der Waals surface area contributed by atoms with E-state index in [1.807, 2.05) is 6.92 Å². The van der Waals surface area contributed by atoms with Crippen LogP contribution in [0.4, 0.5) is 4.79 Å². The van der Waals surface area contributed by atoms with E-state index in [1.165, 1.54) is 0 Å². The van der Waals surface area contributed by atoms with Crippen molar-refractivity contribution in [3.8, 4) is 17.6 Å². The highest BCUT2D eigenvalue weighted by molar-refractivity contribution is 6.04. The van der Waals surface area contributed by atoms with Gasteiger partial charge in [0.05, 0.1) is 25.2 Å². The van der Waals surface area contributed by atoms with Crippen LogP contribution >= 0.6 is 0 Å². The lowest BCUT2D eigenvalue weighted by molar-refractivity contribution is -0.143. The smallest absolute Gasteiger partial charge is 0.413 e. The average Bonchev–Trinajstić information content (AvgIpc) is 2.70. The Labute approximate surface area is 191 Å². The molecule has 0 bridgehead atoms. The summed E-state index contributed by atoms with van der Waals surface area (Å²) in [5.41, 5.74) is 0.408. The fourth-order valence-corrected chi connectivity index (χ4v) is 2.44. The molecule has 1 aromatic carbocycles. The lowest BCUT2D eigenvalue weighted by atomic mass is 10.1. The van der Waals surface area contributed by atoms with E-state index in [-0.39, 0.29) is 18.2 Å². The van der Waals surface area contributed by atoms with Crippen LogP contribution < -0.4 is 10.1 Å². The van der Waals surface area contributed by atoms with Crippen molar-refractivity contribution < 1.29 is 23.8 Å². The first-order valence-corrected chi connectivity index (χ1v) is 11.2. The van der Waals surface area contributed by atoms with Crippen LogP contribution in [0, 0.1) is 17.3 Å². The number of amidine groups is 1. The quantitative estimate of drug-likeness (QED) is 0.170. The zero-order chi connectivity index (χ0) is 24.0. The third-order valence-electron chi connectivity index (χ3n) is 4.09. The molecule has 0 atom stereocenters. The molecule has 0 saturated heterocycles. The SMILES string of the molecule is CCCCOC(=O)CCC#Cc1cc(C(=N)NC(=O)OC(C)(C)C)ccc1OCCCC. The molecule has 0 unspecified atom stereocenters. The number of benzene rings is 1. The minimum atomic E-state index is -0.694.